The van der Waals surface area contributed by atoms with E-state index in [2.05, 4.69) is 15.6 Å². The summed E-state index contributed by atoms with van der Waals surface area (Å²) in [7, 11) is 1.80. The Morgan fingerprint density at radius 3 is 2.78 bits per heavy atom. The summed E-state index contributed by atoms with van der Waals surface area (Å²) in [6, 6.07) is 0. The summed E-state index contributed by atoms with van der Waals surface area (Å²) in [6.07, 6.45) is 2.24. The van der Waals surface area contributed by atoms with Crippen molar-refractivity contribution in [3.8, 4) is 0 Å². The van der Waals surface area contributed by atoms with E-state index in [4.69, 9.17) is 4.52 Å². The smallest absolute Gasteiger partial charge is 0.259 e. The Kier molecular flexibility index (Phi) is 3.18. The Balaban J connectivity index is 2.26. The first kappa shape index (κ1) is 12.3. The number of rotatable bonds is 3. The predicted octanol–water partition coefficient (Wildman–Crippen LogP) is 1.84. The fourth-order valence-electron chi connectivity index (χ4n) is 1.72. The molecule has 0 aliphatic carbocycles. The van der Waals surface area contributed by atoms with Crippen molar-refractivity contribution in [2.45, 2.75) is 27.2 Å². The fraction of sp³-hybridized carbons (Fsp3) is 0.417. The van der Waals surface area contributed by atoms with E-state index in [1.165, 1.54) is 0 Å². The van der Waals surface area contributed by atoms with Crippen molar-refractivity contribution in [1.29, 1.82) is 0 Å². The van der Waals surface area contributed by atoms with Gasteiger partial charge in [-0.05, 0) is 13.8 Å². The zero-order chi connectivity index (χ0) is 13.3. The van der Waals surface area contributed by atoms with Crippen LogP contribution in [0.25, 0.3) is 0 Å². The third-order valence-electron chi connectivity index (χ3n) is 2.97. The molecule has 6 nitrogen and oxygen atoms in total. The van der Waals surface area contributed by atoms with Gasteiger partial charge in [-0.3, -0.25) is 9.48 Å². The van der Waals surface area contributed by atoms with Crippen LogP contribution in [0.2, 0.25) is 0 Å². The minimum Gasteiger partial charge on any atom is -0.359 e. The molecule has 2 aromatic rings. The quantitative estimate of drug-likeness (QED) is 0.899. The zero-order valence-corrected chi connectivity index (χ0v) is 10.9. The summed E-state index contributed by atoms with van der Waals surface area (Å²) in [6.45, 7) is 5.60. The number of aromatic nitrogens is 3. The van der Waals surface area contributed by atoms with Gasteiger partial charge in [-0.1, -0.05) is 12.1 Å². The molecule has 0 spiro atoms. The highest BCUT2D eigenvalue weighted by Gasteiger charge is 2.18. The monoisotopic (exact) mass is 248 g/mol. The molecule has 2 heterocycles. The molecular weight excluding hydrogens is 232 g/mol. The molecule has 6 heteroatoms. The number of carbonyl (C=O) groups excluding carboxylic acids is 1. The first-order chi connectivity index (χ1) is 8.54. The standard InChI is InChI=1S/C12H16N4O2/c1-5-10-11(7(2)15-18-10)14-12(17)9-6-13-16(4)8(9)3/h6H,5H2,1-4H3,(H,14,17). The van der Waals surface area contributed by atoms with Crippen LogP contribution in [0.1, 0.15) is 34.4 Å². The highest BCUT2D eigenvalue weighted by Crippen LogP contribution is 2.21. The number of nitrogens with zero attached hydrogens (tertiary/aromatic N) is 3. The lowest BCUT2D eigenvalue weighted by molar-refractivity contribution is 0.102. The van der Waals surface area contributed by atoms with Gasteiger partial charge in [0, 0.05) is 19.2 Å². The lowest BCUT2D eigenvalue weighted by atomic mass is 10.2. The number of anilines is 1. The van der Waals surface area contributed by atoms with Crippen LogP contribution in [-0.4, -0.2) is 20.8 Å². The van der Waals surface area contributed by atoms with Crippen LogP contribution in [0, 0.1) is 13.8 Å². The molecule has 2 rings (SSSR count). The second kappa shape index (κ2) is 4.64. The molecule has 18 heavy (non-hydrogen) atoms. The summed E-state index contributed by atoms with van der Waals surface area (Å²) >= 11 is 0. The second-order valence-corrected chi connectivity index (χ2v) is 4.14. The molecule has 0 aliphatic rings. The molecule has 0 bridgehead atoms. The molecule has 0 atom stereocenters. The number of hydrogen-bond donors (Lipinski definition) is 1. The first-order valence-electron chi connectivity index (χ1n) is 5.79. The number of amides is 1. The Morgan fingerprint density at radius 1 is 1.50 bits per heavy atom. The van der Waals surface area contributed by atoms with Gasteiger partial charge >= 0.3 is 0 Å². The van der Waals surface area contributed by atoms with Crippen LogP contribution in [0.3, 0.4) is 0 Å². The largest absolute Gasteiger partial charge is 0.359 e. The van der Waals surface area contributed by atoms with E-state index in [-0.39, 0.29) is 5.91 Å². The fourth-order valence-corrected chi connectivity index (χ4v) is 1.72. The van der Waals surface area contributed by atoms with Gasteiger partial charge < -0.3 is 9.84 Å². The summed E-state index contributed by atoms with van der Waals surface area (Å²) in [5, 5.41) is 10.7. The lowest BCUT2D eigenvalue weighted by Gasteiger charge is -2.04. The third-order valence-corrected chi connectivity index (χ3v) is 2.97. The van der Waals surface area contributed by atoms with Gasteiger partial charge in [0.15, 0.2) is 5.76 Å². The maximum atomic E-state index is 12.1. The van der Waals surface area contributed by atoms with Crippen LogP contribution in [0.5, 0.6) is 0 Å². The normalized spacial score (nSPS) is 10.7. The van der Waals surface area contributed by atoms with Gasteiger partial charge in [-0.25, -0.2) is 0 Å². The molecule has 0 radical (unpaired) electrons. The Labute approximate surface area is 105 Å². The Hall–Kier alpha value is -2.11. The van der Waals surface area contributed by atoms with Crippen molar-refractivity contribution < 1.29 is 9.32 Å². The molecule has 0 saturated heterocycles. The van der Waals surface area contributed by atoms with E-state index in [0.717, 1.165) is 5.69 Å². The number of carbonyl (C=O) groups is 1. The van der Waals surface area contributed by atoms with Gasteiger partial charge in [0.2, 0.25) is 0 Å². The van der Waals surface area contributed by atoms with E-state index in [9.17, 15) is 4.79 Å². The summed E-state index contributed by atoms with van der Waals surface area (Å²) in [5.41, 5.74) is 2.72. The van der Waals surface area contributed by atoms with Crippen LogP contribution < -0.4 is 5.32 Å². The minimum atomic E-state index is -0.193. The third kappa shape index (κ3) is 2.01. The minimum absolute atomic E-state index is 0.193. The van der Waals surface area contributed by atoms with Crippen molar-refractivity contribution in [3.05, 3.63) is 28.9 Å². The lowest BCUT2D eigenvalue weighted by Crippen LogP contribution is -2.14. The zero-order valence-electron chi connectivity index (χ0n) is 10.9. The maximum absolute atomic E-state index is 12.1. The van der Waals surface area contributed by atoms with Crippen LogP contribution in [0.4, 0.5) is 5.69 Å². The van der Waals surface area contributed by atoms with Gasteiger partial charge in [-0.2, -0.15) is 5.10 Å². The SMILES string of the molecule is CCc1onc(C)c1NC(=O)c1cnn(C)c1C. The van der Waals surface area contributed by atoms with Gasteiger partial charge in [0.05, 0.1) is 11.8 Å². The highest BCUT2D eigenvalue weighted by molar-refractivity contribution is 6.05. The average molecular weight is 248 g/mol. The van der Waals surface area contributed by atoms with Crippen LogP contribution in [-0.2, 0) is 13.5 Å². The number of hydrogen-bond acceptors (Lipinski definition) is 4. The van der Waals surface area contributed by atoms with Gasteiger partial charge in [-0.15, -0.1) is 0 Å². The average Bonchev–Trinajstić information content (AvgIpc) is 2.85. The Morgan fingerprint density at radius 2 is 2.22 bits per heavy atom. The second-order valence-electron chi connectivity index (χ2n) is 4.14. The van der Waals surface area contributed by atoms with Gasteiger partial charge in [0.25, 0.3) is 5.91 Å². The molecule has 1 N–H and O–H groups in total. The summed E-state index contributed by atoms with van der Waals surface area (Å²) in [4.78, 5) is 12.1. The maximum Gasteiger partial charge on any atom is 0.259 e. The van der Waals surface area contributed by atoms with E-state index in [1.807, 2.05) is 13.8 Å². The topological polar surface area (TPSA) is 73.0 Å². The first-order valence-corrected chi connectivity index (χ1v) is 5.79. The highest BCUT2D eigenvalue weighted by atomic mass is 16.5. The van der Waals surface area contributed by atoms with Crippen molar-refractivity contribution in [1.82, 2.24) is 14.9 Å². The van der Waals surface area contributed by atoms with Crippen molar-refractivity contribution >= 4 is 11.6 Å². The Bertz CT molecular complexity index is 583. The number of aryl methyl sites for hydroxylation is 3. The molecule has 0 fully saturated rings. The van der Waals surface area contributed by atoms with Crippen molar-refractivity contribution in [3.63, 3.8) is 0 Å². The van der Waals surface area contributed by atoms with E-state index in [0.29, 0.717) is 29.1 Å². The molecule has 2 aromatic heterocycles. The van der Waals surface area contributed by atoms with E-state index < -0.39 is 0 Å². The molecule has 0 aliphatic heterocycles. The molecule has 1 amide bonds. The van der Waals surface area contributed by atoms with E-state index >= 15 is 0 Å². The molecule has 0 aromatic carbocycles. The van der Waals surface area contributed by atoms with E-state index in [1.54, 1.807) is 24.9 Å². The predicted molar refractivity (Wildman–Crippen MR) is 66.5 cm³/mol. The molecule has 96 valence electrons. The van der Waals surface area contributed by atoms with Crippen molar-refractivity contribution in [2.75, 3.05) is 5.32 Å². The summed E-state index contributed by atoms with van der Waals surface area (Å²) < 4.78 is 6.79. The van der Waals surface area contributed by atoms with Gasteiger partial charge in [0.1, 0.15) is 11.4 Å². The van der Waals surface area contributed by atoms with Crippen LogP contribution >= 0.6 is 0 Å². The molecule has 0 saturated carbocycles. The summed E-state index contributed by atoms with van der Waals surface area (Å²) in [5.74, 6) is 0.490. The molecule has 0 unspecified atom stereocenters. The van der Waals surface area contributed by atoms with Crippen LogP contribution in [0.15, 0.2) is 10.7 Å². The van der Waals surface area contributed by atoms with Crippen molar-refractivity contribution in [2.24, 2.45) is 7.05 Å². The molecular formula is C12H16N4O2. The number of nitrogens with one attached hydrogen (secondary N) is 1.